The smallest absolute Gasteiger partial charge is 0.295 e. The van der Waals surface area contributed by atoms with Crippen LogP contribution in [0, 0.1) is 154 Å². The molecular formula is C118H98F5N9O12S4. The Balaban J connectivity index is 0.780. The van der Waals surface area contributed by atoms with Crippen LogP contribution in [0.15, 0.2) is 177 Å². The Kier molecular flexibility index (Phi) is 26.1. The van der Waals surface area contributed by atoms with Crippen molar-refractivity contribution < 1.29 is 77.2 Å². The molecule has 4 aliphatic rings. The fourth-order valence-electron chi connectivity index (χ4n) is 22.0. The first-order valence-corrected chi connectivity index (χ1v) is 51.7. The third-order valence-corrected chi connectivity index (χ3v) is 31.8. The summed E-state index contributed by atoms with van der Waals surface area (Å²) in [6.07, 6.45) is 14.8. The maximum absolute atomic E-state index is 16.7. The van der Waals surface area contributed by atoms with E-state index in [-0.39, 0.29) is 48.9 Å². The third kappa shape index (κ3) is 17.6. The van der Waals surface area contributed by atoms with Crippen molar-refractivity contribution >= 4 is 143 Å². The number of H-pyrrole nitrogens is 4. The molecule has 0 saturated heterocycles. The summed E-state index contributed by atoms with van der Waals surface area (Å²) in [7, 11) is -10.9. The summed E-state index contributed by atoms with van der Waals surface area (Å²) in [4.78, 5) is 35.0. The minimum absolute atomic E-state index is 0.00589. The number of hydrogen-bond donors (Lipinski definition) is 9. The Hall–Kier alpha value is -14.9. The molecule has 4 aliphatic heterocycles. The predicted molar refractivity (Wildman–Crippen MR) is 581 cm³/mol. The fraction of sp³-hybridized carbons (Fsp3) is 0.153. The summed E-state index contributed by atoms with van der Waals surface area (Å²) in [6, 6.07) is 46.8. The normalized spacial score (nSPS) is 12.5. The number of aromatic nitrogens is 8. The lowest BCUT2D eigenvalue weighted by Crippen LogP contribution is -2.06. The molecule has 0 amide bonds. The number of nitrogens with one attached hydrogen (secondary N) is 4. The standard InChI is InChI=1S/C118H98F5N9O12S4/c1-53-39-59(7)99(60(8)40-53)106-81-27-29-85(127-81)108(86-30-28-82(128-86)107(100-61(9)41-54(2)42-62(100)10)84-34-38-94(132-84)112(93-37-33-83(106)131-93)113-114(119)116(121)118(123)117(122)115(113)120)102-65(13)47-73(48-66(102)14)76-49-96(146-144-142-134)77(52-97(76)147(135,136)137)78-50-95(145-143-141-133)75(51-98(78)148(138,139)140)72-45-63(11)101(64(12)46-72)109-87-31-35-91(129-87)110(103-67(15)55(3)43-56(4)68(103)16)89-25-23-79(125-89)105(71-19-21-74(124)22-20-71)80-24-26-90(126-80)111(92-36-32-88(109)130-92)104-69(17)57(5)44-58(6)70(104)18/h19-52,125,127,130,132-134H,124H2,1-18H3,(H,135,136,137)(H,138,139,140). The molecule has 10 heterocycles. The number of nitrogens with zero attached hydrogens (tertiary/aromatic N) is 4. The van der Waals surface area contributed by atoms with Crippen molar-refractivity contribution in [3.8, 4) is 122 Å². The van der Waals surface area contributed by atoms with Crippen LogP contribution in [0.2, 0.25) is 0 Å². The highest BCUT2D eigenvalue weighted by Crippen LogP contribution is 2.53. The monoisotopic (exact) mass is 2060 g/mol. The number of fused-ring (bicyclic) bond motifs is 16. The molecule has 20 rings (SSSR count). The molecule has 0 atom stereocenters. The zero-order valence-corrected chi connectivity index (χ0v) is 86.8. The molecule has 16 aromatic rings. The van der Waals surface area contributed by atoms with Gasteiger partial charge in [-0.2, -0.15) is 16.8 Å². The largest absolute Gasteiger partial charge is 0.399 e. The highest BCUT2D eigenvalue weighted by molar-refractivity contribution is 7.95. The molecular weight excluding hydrogens is 1960 g/mol. The topological polar surface area (TPSA) is 327 Å². The lowest BCUT2D eigenvalue weighted by molar-refractivity contribution is -0.432. The van der Waals surface area contributed by atoms with Crippen molar-refractivity contribution in [2.45, 2.75) is 144 Å². The van der Waals surface area contributed by atoms with E-state index in [0.717, 1.165) is 140 Å². The van der Waals surface area contributed by atoms with Crippen LogP contribution in [0.25, 0.3) is 215 Å². The summed E-state index contributed by atoms with van der Waals surface area (Å²) < 4.78 is 173. The minimum atomic E-state index is -5.47. The Morgan fingerprint density at radius 1 is 0.264 bits per heavy atom. The van der Waals surface area contributed by atoms with Crippen LogP contribution in [0.1, 0.15) is 146 Å². The van der Waals surface area contributed by atoms with Gasteiger partial charge in [0.2, 0.25) is 5.82 Å². The second-order valence-corrected chi connectivity index (χ2v) is 42.7. The lowest BCUT2D eigenvalue weighted by Gasteiger charge is -2.20. The van der Waals surface area contributed by atoms with Gasteiger partial charge >= 0.3 is 0 Å². The van der Waals surface area contributed by atoms with Crippen LogP contribution in [-0.4, -0.2) is 76.3 Å². The average molecular weight is 2060 g/mol. The minimum Gasteiger partial charge on any atom is -0.399 e. The molecule has 0 unspecified atom stereocenters. The van der Waals surface area contributed by atoms with Gasteiger partial charge in [-0.15, -0.1) is 8.67 Å². The van der Waals surface area contributed by atoms with Crippen molar-refractivity contribution in [1.29, 1.82) is 0 Å². The number of aromatic amines is 4. The van der Waals surface area contributed by atoms with Gasteiger partial charge in [0.15, 0.2) is 23.3 Å². The average Bonchev–Trinajstić information content (AvgIpc) is 1.09. The molecule has 0 aliphatic carbocycles. The Morgan fingerprint density at radius 3 is 0.824 bits per heavy atom. The summed E-state index contributed by atoms with van der Waals surface area (Å²) >= 11 is 0.728. The molecule has 10 aromatic carbocycles. The maximum atomic E-state index is 16.7. The van der Waals surface area contributed by atoms with E-state index in [0.29, 0.717) is 158 Å². The number of nitrogens with two attached hydrogens (primary N) is 1. The molecule has 16 bridgehead atoms. The molecule has 30 heteroatoms. The quantitative estimate of drug-likeness (QED) is 0.00531. The SMILES string of the molecule is Cc1cc(C)c(-c2c3nc(c(-c4c(F)c(F)c(F)c(F)c4F)c4ccc([nH]4)c(-c4c(C)cc(C)cc4C)c4nc(c(-c5c(C)cc(-c6cc(SOOO)c(-c7cc(SOOO)c(-c8cc(C)c(-c9c%10nc(c(-c%11c(C)c(C)cc(C)c%11C)c%11ccc([nH]%11)c(-c%11ccc(N)cc%11)c%11nc(c(-c%12c(C)c(C)cc(C)c%12C)c%12ccc9[nH]%12)C=C%11)C=C%10)c(C)c8)cc7S(=O)(=O)O)cc6S(=O)(=O)O)cc5C)c5ccc2[nH]5)C=C4)C=C3)c(C)c1. The van der Waals surface area contributed by atoms with Gasteiger partial charge in [-0.25, -0.2) is 52.4 Å². The van der Waals surface area contributed by atoms with E-state index in [1.807, 2.05) is 152 Å². The second-order valence-electron chi connectivity index (χ2n) is 38.5. The van der Waals surface area contributed by atoms with E-state index in [2.05, 4.69) is 128 Å². The van der Waals surface area contributed by atoms with Gasteiger partial charge in [0.25, 0.3) is 20.2 Å². The molecule has 21 nitrogen and oxygen atoms in total. The van der Waals surface area contributed by atoms with Gasteiger partial charge in [0, 0.05) is 121 Å². The summed E-state index contributed by atoms with van der Waals surface area (Å²) in [5, 5.41) is 28.6. The number of rotatable bonds is 19. The number of hydrogen-bond acceptors (Lipinski definition) is 17. The van der Waals surface area contributed by atoms with Crippen LogP contribution < -0.4 is 5.73 Å². The van der Waals surface area contributed by atoms with Crippen molar-refractivity contribution in [3.05, 3.63) is 333 Å². The lowest BCUT2D eigenvalue weighted by atomic mass is 9.89. The molecule has 10 N–H and O–H groups in total. The van der Waals surface area contributed by atoms with Gasteiger partial charge in [-0.3, -0.25) is 9.11 Å². The van der Waals surface area contributed by atoms with Crippen LogP contribution in [-0.2, 0) is 39.0 Å². The van der Waals surface area contributed by atoms with Gasteiger partial charge in [-0.1, -0.05) is 94.0 Å². The van der Waals surface area contributed by atoms with Gasteiger partial charge in [0.1, 0.15) is 9.79 Å². The molecule has 0 fully saturated rings. The third-order valence-electron chi connectivity index (χ3n) is 28.8. The van der Waals surface area contributed by atoms with E-state index >= 15 is 22.0 Å². The Labute approximate surface area is 858 Å². The first kappa shape index (κ1) is 100. The van der Waals surface area contributed by atoms with E-state index < -0.39 is 75.8 Å². The number of aryl methyl sites for hydroxylation is 14. The predicted octanol–water partition coefficient (Wildman–Crippen LogP) is 31.1. The van der Waals surface area contributed by atoms with Crippen molar-refractivity contribution in [2.24, 2.45) is 0 Å². The second kappa shape index (κ2) is 38.4. The van der Waals surface area contributed by atoms with Gasteiger partial charge < -0.3 is 25.7 Å². The number of benzene rings is 10. The number of nitrogen functional groups attached to an aromatic ring is 1. The van der Waals surface area contributed by atoms with Crippen LogP contribution >= 0.6 is 24.1 Å². The molecule has 6 aromatic heterocycles. The Morgan fingerprint density at radius 2 is 0.514 bits per heavy atom. The van der Waals surface area contributed by atoms with Crippen LogP contribution in [0.3, 0.4) is 0 Å². The Bertz CT molecular complexity index is 9030. The summed E-state index contributed by atoms with van der Waals surface area (Å²) in [5.41, 5.74) is 38.9. The summed E-state index contributed by atoms with van der Waals surface area (Å²) in [5.74, 6) is -10.8. The van der Waals surface area contributed by atoms with Gasteiger partial charge in [-0.05, 0) is 403 Å². The van der Waals surface area contributed by atoms with Crippen LogP contribution in [0.5, 0.6) is 0 Å². The van der Waals surface area contributed by atoms with Gasteiger partial charge in [0.05, 0.1) is 75.2 Å². The van der Waals surface area contributed by atoms with Crippen LogP contribution in [0.4, 0.5) is 27.6 Å². The highest BCUT2D eigenvalue weighted by Gasteiger charge is 2.35. The first-order valence-electron chi connectivity index (χ1n) is 47.3. The van der Waals surface area contributed by atoms with E-state index in [4.69, 9.17) is 34.3 Å². The van der Waals surface area contributed by atoms with E-state index in [1.165, 1.54) is 24.3 Å². The molecule has 0 radical (unpaired) electrons. The van der Waals surface area contributed by atoms with Crippen molar-refractivity contribution in [2.75, 3.05) is 5.73 Å². The summed E-state index contributed by atoms with van der Waals surface area (Å²) in [6.45, 7) is 35.8. The number of anilines is 1. The molecule has 0 spiro atoms. The maximum Gasteiger partial charge on any atom is 0.295 e. The fourth-order valence-corrected chi connectivity index (χ4v) is 24.5. The molecule has 0 saturated carbocycles. The molecule has 148 heavy (non-hydrogen) atoms. The van der Waals surface area contributed by atoms with Crippen molar-refractivity contribution in [1.82, 2.24) is 39.9 Å². The van der Waals surface area contributed by atoms with E-state index in [1.54, 1.807) is 44.2 Å². The zero-order valence-electron chi connectivity index (χ0n) is 83.6. The number of halogens is 5. The first-order chi connectivity index (χ1) is 70.5. The zero-order chi connectivity index (χ0) is 105. The van der Waals surface area contributed by atoms with E-state index in [9.17, 15) is 36.5 Å². The van der Waals surface area contributed by atoms with Crippen molar-refractivity contribution in [3.63, 3.8) is 0 Å². The molecule has 746 valence electrons. The highest BCUT2D eigenvalue weighted by atomic mass is 32.2.